The van der Waals surface area contributed by atoms with Gasteiger partial charge < -0.3 is 10.2 Å². The summed E-state index contributed by atoms with van der Waals surface area (Å²) in [5, 5.41) is 3.38. The Bertz CT molecular complexity index is 332. The lowest BCUT2D eigenvalue weighted by atomic mass is 9.83. The molecule has 1 aliphatic heterocycles. The maximum atomic E-state index is 12.8. The number of hydrogen-bond acceptors (Lipinski definition) is 2. The fourth-order valence-electron chi connectivity index (χ4n) is 3.16. The van der Waals surface area contributed by atoms with E-state index in [4.69, 9.17) is 0 Å². The van der Waals surface area contributed by atoms with Crippen LogP contribution >= 0.6 is 0 Å². The first-order valence-electron chi connectivity index (χ1n) is 7.64. The van der Waals surface area contributed by atoms with E-state index >= 15 is 0 Å². The Labute approximate surface area is 119 Å². The minimum atomic E-state index is -0.447. The molecule has 0 radical (unpaired) electrons. The summed E-state index contributed by atoms with van der Waals surface area (Å²) in [6.45, 7) is 15.8. The molecule has 0 aromatic heterocycles. The van der Waals surface area contributed by atoms with Crippen LogP contribution in [0.2, 0.25) is 0 Å². The second-order valence-electron chi connectivity index (χ2n) is 7.70. The van der Waals surface area contributed by atoms with Crippen LogP contribution in [0.4, 0.5) is 0 Å². The maximum absolute atomic E-state index is 12.8. The molecule has 0 aromatic rings. The van der Waals surface area contributed by atoms with Crippen molar-refractivity contribution in [2.45, 2.75) is 90.8 Å². The Morgan fingerprint density at radius 1 is 1.21 bits per heavy atom. The molecule has 0 bridgehead atoms. The third kappa shape index (κ3) is 3.50. The molecule has 0 unspecified atom stereocenters. The lowest BCUT2D eigenvalue weighted by molar-refractivity contribution is -0.157. The van der Waals surface area contributed by atoms with Gasteiger partial charge in [-0.2, -0.15) is 0 Å². The molecule has 3 nitrogen and oxygen atoms in total. The summed E-state index contributed by atoms with van der Waals surface area (Å²) in [7, 11) is 0. The number of nitrogens with one attached hydrogen (secondary N) is 1. The van der Waals surface area contributed by atoms with Crippen LogP contribution in [0.1, 0.15) is 74.1 Å². The van der Waals surface area contributed by atoms with E-state index in [9.17, 15) is 4.79 Å². The minimum absolute atomic E-state index is 0.0743. The minimum Gasteiger partial charge on any atom is -0.330 e. The second-order valence-corrected chi connectivity index (χ2v) is 7.70. The third-order valence-corrected chi connectivity index (χ3v) is 4.30. The molecule has 1 amide bonds. The van der Waals surface area contributed by atoms with E-state index in [0.29, 0.717) is 0 Å². The summed E-state index contributed by atoms with van der Waals surface area (Å²) in [5.41, 5.74) is -0.644. The number of rotatable bonds is 5. The van der Waals surface area contributed by atoms with Crippen molar-refractivity contribution in [1.29, 1.82) is 0 Å². The van der Waals surface area contributed by atoms with Gasteiger partial charge in [0.1, 0.15) is 0 Å². The van der Waals surface area contributed by atoms with Gasteiger partial charge >= 0.3 is 0 Å². The zero-order valence-electron chi connectivity index (χ0n) is 13.9. The molecule has 0 spiro atoms. The Hall–Kier alpha value is -0.570. The number of hydrogen-bond donors (Lipinski definition) is 1. The summed E-state index contributed by atoms with van der Waals surface area (Å²) < 4.78 is 0. The van der Waals surface area contributed by atoms with Crippen molar-refractivity contribution in [2.24, 2.45) is 0 Å². The summed E-state index contributed by atoms with van der Waals surface area (Å²) in [6, 6.07) is 0. The van der Waals surface area contributed by atoms with Gasteiger partial charge in [-0.25, -0.2) is 0 Å². The first-order valence-corrected chi connectivity index (χ1v) is 7.64. The van der Waals surface area contributed by atoms with Crippen molar-refractivity contribution in [3.63, 3.8) is 0 Å². The van der Waals surface area contributed by atoms with E-state index in [-0.39, 0.29) is 17.0 Å². The molecule has 1 rings (SSSR count). The molecular weight excluding hydrogens is 236 g/mol. The lowest BCUT2D eigenvalue weighted by Gasteiger charge is -2.55. The van der Waals surface area contributed by atoms with Crippen molar-refractivity contribution in [3.05, 3.63) is 0 Å². The number of carbonyl (C=O) groups is 1. The number of unbranched alkanes of at least 4 members (excludes halogenated alkanes) is 2. The lowest BCUT2D eigenvalue weighted by Crippen LogP contribution is -2.73. The highest BCUT2D eigenvalue weighted by molar-refractivity contribution is 5.87. The fourth-order valence-corrected chi connectivity index (χ4v) is 3.16. The molecule has 1 fully saturated rings. The average Bonchev–Trinajstić information content (AvgIpc) is 2.24. The molecule has 19 heavy (non-hydrogen) atoms. The number of piperazine rings is 1. The van der Waals surface area contributed by atoms with Crippen molar-refractivity contribution in [2.75, 3.05) is 6.54 Å². The number of amides is 1. The quantitative estimate of drug-likeness (QED) is 0.776. The average molecular weight is 268 g/mol. The Kier molecular flexibility index (Phi) is 4.71. The van der Waals surface area contributed by atoms with E-state index in [1.54, 1.807) is 0 Å². The molecule has 0 saturated carbocycles. The normalized spacial score (nSPS) is 22.7. The van der Waals surface area contributed by atoms with Crippen LogP contribution < -0.4 is 5.32 Å². The van der Waals surface area contributed by atoms with Gasteiger partial charge in [-0.3, -0.25) is 4.79 Å². The van der Waals surface area contributed by atoms with Crippen molar-refractivity contribution < 1.29 is 4.79 Å². The molecular formula is C16H32N2O. The Balaban J connectivity index is 2.94. The van der Waals surface area contributed by atoms with E-state index in [2.05, 4.69) is 44.8 Å². The Morgan fingerprint density at radius 2 is 1.79 bits per heavy atom. The van der Waals surface area contributed by atoms with Crippen LogP contribution in [0.15, 0.2) is 0 Å². The van der Waals surface area contributed by atoms with Crippen LogP contribution in [0, 0.1) is 0 Å². The van der Waals surface area contributed by atoms with Crippen molar-refractivity contribution >= 4 is 5.91 Å². The first kappa shape index (κ1) is 16.5. The molecule has 3 heteroatoms. The largest absolute Gasteiger partial charge is 0.330 e. The molecule has 112 valence electrons. The van der Waals surface area contributed by atoms with Crippen LogP contribution in [0.25, 0.3) is 0 Å². The van der Waals surface area contributed by atoms with Gasteiger partial charge in [0, 0.05) is 12.1 Å². The molecule has 1 saturated heterocycles. The number of carbonyl (C=O) groups excluding carboxylic acids is 1. The summed E-state index contributed by atoms with van der Waals surface area (Å²) in [6.07, 6.45) is 4.73. The van der Waals surface area contributed by atoms with Crippen molar-refractivity contribution in [1.82, 2.24) is 10.2 Å². The van der Waals surface area contributed by atoms with E-state index in [0.717, 1.165) is 13.0 Å². The highest BCUT2D eigenvalue weighted by atomic mass is 16.2. The predicted octanol–water partition coefficient (Wildman–Crippen LogP) is 3.33. The van der Waals surface area contributed by atoms with Gasteiger partial charge in [-0.05, 0) is 48.0 Å². The van der Waals surface area contributed by atoms with E-state index < -0.39 is 5.54 Å². The van der Waals surface area contributed by atoms with Gasteiger partial charge in [0.15, 0.2) is 0 Å². The SMILES string of the molecule is CCCCCC(C)(C)N1C(=O)C(C)(C)NCC1(C)C. The summed E-state index contributed by atoms with van der Waals surface area (Å²) >= 11 is 0. The second kappa shape index (κ2) is 5.43. The predicted molar refractivity (Wildman–Crippen MR) is 81.2 cm³/mol. The van der Waals surface area contributed by atoms with Gasteiger partial charge in [0.2, 0.25) is 5.91 Å². The molecule has 0 aliphatic carbocycles. The van der Waals surface area contributed by atoms with E-state index in [1.807, 2.05) is 13.8 Å². The van der Waals surface area contributed by atoms with Crippen LogP contribution in [-0.2, 0) is 4.79 Å². The van der Waals surface area contributed by atoms with E-state index in [1.165, 1.54) is 19.3 Å². The first-order chi connectivity index (χ1) is 8.54. The van der Waals surface area contributed by atoms with Gasteiger partial charge in [0.05, 0.1) is 11.1 Å². The molecule has 1 N–H and O–H groups in total. The molecule has 1 heterocycles. The van der Waals surface area contributed by atoms with Crippen molar-refractivity contribution in [3.8, 4) is 0 Å². The van der Waals surface area contributed by atoms with Crippen LogP contribution in [-0.4, -0.2) is 34.0 Å². The van der Waals surface area contributed by atoms with Gasteiger partial charge in [-0.1, -0.05) is 26.2 Å². The highest BCUT2D eigenvalue weighted by Gasteiger charge is 2.49. The zero-order chi connectivity index (χ0) is 14.9. The monoisotopic (exact) mass is 268 g/mol. The number of nitrogens with zero attached hydrogens (tertiary/aromatic N) is 1. The highest BCUT2D eigenvalue weighted by Crippen LogP contribution is 2.34. The fraction of sp³-hybridized carbons (Fsp3) is 0.938. The zero-order valence-corrected chi connectivity index (χ0v) is 13.9. The molecule has 0 aromatic carbocycles. The smallest absolute Gasteiger partial charge is 0.243 e. The maximum Gasteiger partial charge on any atom is 0.243 e. The molecule has 0 atom stereocenters. The summed E-state index contributed by atoms with van der Waals surface area (Å²) in [5.74, 6) is 0.227. The molecule has 1 aliphatic rings. The standard InChI is InChI=1S/C16H32N2O/c1-8-9-10-11-14(2,3)18-13(19)16(6,7)17-12-15(18,4)5/h17H,8-12H2,1-7H3. The third-order valence-electron chi connectivity index (χ3n) is 4.30. The van der Waals surface area contributed by atoms with Gasteiger partial charge in [-0.15, -0.1) is 0 Å². The van der Waals surface area contributed by atoms with Crippen LogP contribution in [0.5, 0.6) is 0 Å². The Morgan fingerprint density at radius 3 is 2.32 bits per heavy atom. The topological polar surface area (TPSA) is 32.3 Å². The summed E-state index contributed by atoms with van der Waals surface area (Å²) in [4.78, 5) is 14.9. The van der Waals surface area contributed by atoms with Crippen LogP contribution in [0.3, 0.4) is 0 Å². The van der Waals surface area contributed by atoms with Gasteiger partial charge in [0.25, 0.3) is 0 Å².